The summed E-state index contributed by atoms with van der Waals surface area (Å²) in [6.07, 6.45) is 2.89. The normalized spacial score (nSPS) is 10.7. The van der Waals surface area contributed by atoms with Crippen molar-refractivity contribution in [2.45, 2.75) is 6.92 Å². The number of hydrazone groups is 1. The molecule has 1 N–H and O–H groups in total. The van der Waals surface area contributed by atoms with Crippen molar-refractivity contribution in [3.05, 3.63) is 22.0 Å². The van der Waals surface area contributed by atoms with Crippen molar-refractivity contribution < 1.29 is 4.92 Å². The number of hydrogen-bond acceptors (Lipinski definition) is 5. The molecule has 1 rings (SSSR count). The molecular weight excluding hydrogens is 186 g/mol. The molecule has 0 saturated heterocycles. The second-order valence-electron chi connectivity index (χ2n) is 2.57. The summed E-state index contributed by atoms with van der Waals surface area (Å²) in [5, 5.41) is 14.3. The van der Waals surface area contributed by atoms with E-state index < -0.39 is 4.92 Å². The molecule has 0 aromatic carbocycles. The molecule has 0 radical (unpaired) electrons. The summed E-state index contributed by atoms with van der Waals surface area (Å²) < 4.78 is 1.36. The van der Waals surface area contributed by atoms with Gasteiger partial charge in [0.2, 0.25) is 0 Å². The maximum atomic E-state index is 10.4. The molecule has 0 saturated carbocycles. The number of rotatable bonds is 4. The summed E-state index contributed by atoms with van der Waals surface area (Å²) in [6.45, 7) is 2.61. The Hall–Kier alpha value is -1.92. The van der Waals surface area contributed by atoms with Gasteiger partial charge in [0.25, 0.3) is 0 Å². The second-order valence-corrected chi connectivity index (χ2v) is 2.57. The molecule has 7 nitrogen and oxygen atoms in total. The Balaban J connectivity index is 2.84. The van der Waals surface area contributed by atoms with Crippen LogP contribution in [0, 0.1) is 10.1 Å². The lowest BCUT2D eigenvalue weighted by Gasteiger charge is -1.95. The molecule has 1 aromatic rings. The van der Waals surface area contributed by atoms with Crippen LogP contribution >= 0.6 is 0 Å². The summed E-state index contributed by atoms with van der Waals surface area (Å²) in [7, 11) is 1.57. The Morgan fingerprint density at radius 2 is 2.57 bits per heavy atom. The van der Waals surface area contributed by atoms with Crippen LogP contribution in [0.15, 0.2) is 11.3 Å². The topological polar surface area (TPSA) is 85.3 Å². The third-order valence-electron chi connectivity index (χ3n) is 1.61. The molecule has 0 aliphatic rings. The van der Waals surface area contributed by atoms with Crippen LogP contribution in [-0.2, 0) is 7.05 Å². The smallest absolute Gasteiger partial charge is 0.390 e. The van der Waals surface area contributed by atoms with Crippen molar-refractivity contribution in [2.24, 2.45) is 12.1 Å². The highest BCUT2D eigenvalue weighted by Gasteiger charge is 2.15. The van der Waals surface area contributed by atoms with Crippen LogP contribution in [0.25, 0.3) is 0 Å². The summed E-state index contributed by atoms with van der Waals surface area (Å²) >= 11 is 0. The number of nitrogens with zero attached hydrogens (tertiary/aromatic N) is 4. The average Bonchev–Trinajstić information content (AvgIpc) is 2.48. The lowest BCUT2D eigenvalue weighted by Crippen LogP contribution is -2.05. The zero-order valence-corrected chi connectivity index (χ0v) is 7.97. The highest BCUT2D eigenvalue weighted by molar-refractivity contribution is 5.77. The Morgan fingerprint density at radius 1 is 1.86 bits per heavy atom. The number of hydrogen-bond donors (Lipinski definition) is 1. The predicted octanol–water partition coefficient (Wildman–Crippen LogP) is 0.272. The molecule has 0 amide bonds. The van der Waals surface area contributed by atoms with Crippen molar-refractivity contribution in [2.75, 3.05) is 6.54 Å². The van der Waals surface area contributed by atoms with Crippen molar-refractivity contribution >= 4 is 12.2 Å². The molecule has 14 heavy (non-hydrogen) atoms. The van der Waals surface area contributed by atoms with Gasteiger partial charge in [-0.1, -0.05) is 4.98 Å². The standard InChI is InChI=1S/C7H11N5O2/c1-3-9-10-5-6-4-8-7(11(6)2)12(13)14/h4-5,9H,3H2,1-2H3. The van der Waals surface area contributed by atoms with E-state index in [-0.39, 0.29) is 5.95 Å². The van der Waals surface area contributed by atoms with Gasteiger partial charge in [0.1, 0.15) is 6.20 Å². The van der Waals surface area contributed by atoms with Crippen LogP contribution < -0.4 is 5.43 Å². The Morgan fingerprint density at radius 3 is 3.07 bits per heavy atom. The average molecular weight is 197 g/mol. The SMILES string of the molecule is CCNN=Cc1cnc([N+](=O)[O-])n1C. The molecule has 76 valence electrons. The summed E-state index contributed by atoms with van der Waals surface area (Å²) in [6, 6.07) is 0. The molecule has 1 heterocycles. The molecular formula is C7H11N5O2. The van der Waals surface area contributed by atoms with Gasteiger partial charge in [-0.25, -0.2) is 4.57 Å². The molecule has 0 aliphatic carbocycles. The molecule has 0 fully saturated rings. The van der Waals surface area contributed by atoms with Crippen LogP contribution in [-0.4, -0.2) is 27.2 Å². The first-order valence-electron chi connectivity index (χ1n) is 4.08. The molecule has 0 atom stereocenters. The van der Waals surface area contributed by atoms with E-state index >= 15 is 0 Å². The minimum absolute atomic E-state index is 0.192. The van der Waals surface area contributed by atoms with E-state index in [4.69, 9.17) is 0 Å². The molecule has 0 aliphatic heterocycles. The summed E-state index contributed by atoms with van der Waals surface area (Å²) in [5.74, 6) is -0.192. The largest absolute Gasteiger partial charge is 0.434 e. The fraction of sp³-hybridized carbons (Fsp3) is 0.429. The number of imidazole rings is 1. The maximum absolute atomic E-state index is 10.4. The second kappa shape index (κ2) is 4.35. The third kappa shape index (κ3) is 2.06. The molecule has 7 heteroatoms. The highest BCUT2D eigenvalue weighted by Crippen LogP contribution is 2.08. The summed E-state index contributed by atoms with van der Waals surface area (Å²) in [5.41, 5.74) is 3.30. The molecule has 1 aromatic heterocycles. The summed E-state index contributed by atoms with van der Waals surface area (Å²) in [4.78, 5) is 13.5. The molecule has 0 bridgehead atoms. The minimum atomic E-state index is -0.537. The number of nitro groups is 1. The minimum Gasteiger partial charge on any atom is -0.390 e. The first-order valence-corrected chi connectivity index (χ1v) is 4.08. The van der Waals surface area contributed by atoms with Crippen LogP contribution in [0.1, 0.15) is 12.6 Å². The van der Waals surface area contributed by atoms with E-state index in [2.05, 4.69) is 15.5 Å². The van der Waals surface area contributed by atoms with Gasteiger partial charge >= 0.3 is 5.95 Å². The van der Waals surface area contributed by atoms with E-state index in [9.17, 15) is 10.1 Å². The molecule has 0 unspecified atom stereocenters. The predicted molar refractivity (Wildman–Crippen MR) is 51.1 cm³/mol. The Bertz CT molecular complexity index is 357. The lowest BCUT2D eigenvalue weighted by molar-refractivity contribution is -0.396. The highest BCUT2D eigenvalue weighted by atomic mass is 16.6. The monoisotopic (exact) mass is 197 g/mol. The van der Waals surface area contributed by atoms with Crippen molar-refractivity contribution in [3.63, 3.8) is 0 Å². The van der Waals surface area contributed by atoms with Gasteiger partial charge in [-0.3, -0.25) is 0 Å². The Kier molecular flexibility index (Phi) is 3.16. The van der Waals surface area contributed by atoms with Crippen LogP contribution in [0.2, 0.25) is 0 Å². The van der Waals surface area contributed by atoms with Crippen LogP contribution in [0.4, 0.5) is 5.95 Å². The zero-order chi connectivity index (χ0) is 10.6. The lowest BCUT2D eigenvalue weighted by atomic mass is 10.5. The van der Waals surface area contributed by atoms with Gasteiger partial charge in [0.15, 0.2) is 5.69 Å². The number of nitrogens with one attached hydrogen (secondary N) is 1. The van der Waals surface area contributed by atoms with Gasteiger partial charge in [-0.2, -0.15) is 5.10 Å². The van der Waals surface area contributed by atoms with E-state index in [1.54, 1.807) is 7.05 Å². The van der Waals surface area contributed by atoms with Crippen molar-refractivity contribution in [3.8, 4) is 0 Å². The Labute approximate surface area is 80.6 Å². The van der Waals surface area contributed by atoms with Gasteiger partial charge < -0.3 is 15.5 Å². The van der Waals surface area contributed by atoms with Gasteiger partial charge in [-0.05, 0) is 11.8 Å². The third-order valence-corrected chi connectivity index (χ3v) is 1.61. The fourth-order valence-corrected chi connectivity index (χ4v) is 0.905. The maximum Gasteiger partial charge on any atom is 0.434 e. The van der Waals surface area contributed by atoms with Crippen molar-refractivity contribution in [1.29, 1.82) is 0 Å². The first kappa shape index (κ1) is 10.2. The van der Waals surface area contributed by atoms with Crippen molar-refractivity contribution in [1.82, 2.24) is 15.0 Å². The first-order chi connectivity index (χ1) is 6.66. The fourth-order valence-electron chi connectivity index (χ4n) is 0.905. The van der Waals surface area contributed by atoms with Crippen LogP contribution in [0.5, 0.6) is 0 Å². The zero-order valence-electron chi connectivity index (χ0n) is 7.97. The van der Waals surface area contributed by atoms with Gasteiger partial charge in [0, 0.05) is 6.54 Å². The quantitative estimate of drug-likeness (QED) is 0.426. The van der Waals surface area contributed by atoms with Crippen LogP contribution in [0.3, 0.4) is 0 Å². The van der Waals surface area contributed by atoms with Gasteiger partial charge in [-0.15, -0.1) is 0 Å². The molecule has 0 spiro atoms. The van der Waals surface area contributed by atoms with E-state index in [0.717, 1.165) is 0 Å². The van der Waals surface area contributed by atoms with E-state index in [1.807, 2.05) is 6.92 Å². The van der Waals surface area contributed by atoms with Gasteiger partial charge in [0.05, 0.1) is 13.3 Å². The van der Waals surface area contributed by atoms with E-state index in [0.29, 0.717) is 12.2 Å². The number of aromatic nitrogens is 2. The van der Waals surface area contributed by atoms with E-state index in [1.165, 1.54) is 17.0 Å².